The summed E-state index contributed by atoms with van der Waals surface area (Å²) in [4.78, 5) is 0. The predicted octanol–water partition coefficient (Wildman–Crippen LogP) is 4.09. The van der Waals surface area contributed by atoms with Gasteiger partial charge in [0.05, 0.1) is 5.41 Å². The molecule has 0 N–H and O–H groups in total. The van der Waals surface area contributed by atoms with E-state index in [4.69, 9.17) is 0 Å². The minimum absolute atomic E-state index is 0.103. The molecule has 1 unspecified atom stereocenters. The lowest BCUT2D eigenvalue weighted by Gasteiger charge is -2.22. The van der Waals surface area contributed by atoms with Gasteiger partial charge in [0.2, 0.25) is 0 Å². The zero-order valence-electron chi connectivity index (χ0n) is 9.63. The third-order valence-electron chi connectivity index (χ3n) is 3.49. The standard InChI is InChI=1S/C15H20/c1-15(11-6-3-7-12-15)13-10-14-8-4-2-5-9-14/h3,6,10,13-14H,2,4-5,8-9,11H2,1H3/b13-10+. The van der Waals surface area contributed by atoms with Crippen molar-refractivity contribution in [1.82, 2.24) is 0 Å². The molecule has 0 nitrogen and oxygen atoms in total. The first-order chi connectivity index (χ1) is 7.29. The lowest BCUT2D eigenvalue weighted by atomic mass is 9.82. The van der Waals surface area contributed by atoms with Crippen LogP contribution in [0.1, 0.15) is 45.4 Å². The van der Waals surface area contributed by atoms with Crippen molar-refractivity contribution >= 4 is 0 Å². The van der Waals surface area contributed by atoms with Crippen molar-refractivity contribution in [2.45, 2.75) is 45.4 Å². The first-order valence-electron chi connectivity index (χ1n) is 6.16. The first kappa shape index (κ1) is 10.6. The van der Waals surface area contributed by atoms with Crippen LogP contribution in [0.15, 0.2) is 24.3 Å². The zero-order chi connectivity index (χ0) is 10.6. The Kier molecular flexibility index (Phi) is 3.31. The summed E-state index contributed by atoms with van der Waals surface area (Å²) in [6, 6.07) is 0. The van der Waals surface area contributed by atoms with E-state index in [0.29, 0.717) is 0 Å². The maximum atomic E-state index is 3.31. The fourth-order valence-electron chi connectivity index (χ4n) is 2.41. The van der Waals surface area contributed by atoms with E-state index in [1.165, 1.54) is 32.1 Å². The van der Waals surface area contributed by atoms with E-state index < -0.39 is 0 Å². The average Bonchev–Trinajstić information content (AvgIpc) is 2.29. The van der Waals surface area contributed by atoms with Crippen LogP contribution in [0.2, 0.25) is 0 Å². The molecule has 0 aliphatic heterocycles. The van der Waals surface area contributed by atoms with Gasteiger partial charge in [-0.25, -0.2) is 0 Å². The molecule has 2 aliphatic carbocycles. The fourth-order valence-corrected chi connectivity index (χ4v) is 2.41. The Morgan fingerprint density at radius 2 is 2.07 bits per heavy atom. The minimum Gasteiger partial charge on any atom is -0.0875 e. The van der Waals surface area contributed by atoms with Crippen molar-refractivity contribution in [3.8, 4) is 11.8 Å². The van der Waals surface area contributed by atoms with E-state index >= 15 is 0 Å². The van der Waals surface area contributed by atoms with Gasteiger partial charge in [0.25, 0.3) is 0 Å². The summed E-state index contributed by atoms with van der Waals surface area (Å²) in [5, 5.41) is 0. The number of hydrogen-bond acceptors (Lipinski definition) is 0. The topological polar surface area (TPSA) is 0 Å². The number of rotatable bonds is 2. The molecule has 0 spiro atoms. The van der Waals surface area contributed by atoms with E-state index in [-0.39, 0.29) is 5.41 Å². The molecule has 0 amide bonds. The van der Waals surface area contributed by atoms with Crippen molar-refractivity contribution in [3.63, 3.8) is 0 Å². The fraction of sp³-hybridized carbons (Fsp3) is 0.600. The summed E-state index contributed by atoms with van der Waals surface area (Å²) in [6.07, 6.45) is 17.0. The van der Waals surface area contributed by atoms with Crippen molar-refractivity contribution in [3.05, 3.63) is 24.3 Å². The molecular formula is C15H20. The number of allylic oxidation sites excluding steroid dienone is 4. The van der Waals surface area contributed by atoms with Gasteiger partial charge in [0, 0.05) is 0 Å². The maximum Gasteiger partial charge on any atom is 0.0503 e. The van der Waals surface area contributed by atoms with E-state index in [9.17, 15) is 0 Å². The highest BCUT2D eigenvalue weighted by Crippen LogP contribution is 2.29. The van der Waals surface area contributed by atoms with Gasteiger partial charge in [-0.1, -0.05) is 49.3 Å². The van der Waals surface area contributed by atoms with Gasteiger partial charge in [-0.05, 0) is 38.2 Å². The molecule has 0 heteroatoms. The average molecular weight is 200 g/mol. The van der Waals surface area contributed by atoms with Crippen LogP contribution in [0.3, 0.4) is 0 Å². The molecule has 15 heavy (non-hydrogen) atoms. The van der Waals surface area contributed by atoms with Gasteiger partial charge < -0.3 is 0 Å². The summed E-state index contributed by atoms with van der Waals surface area (Å²) >= 11 is 0. The van der Waals surface area contributed by atoms with Crippen LogP contribution in [-0.4, -0.2) is 0 Å². The largest absolute Gasteiger partial charge is 0.0875 e. The van der Waals surface area contributed by atoms with Crippen LogP contribution in [-0.2, 0) is 0 Å². The van der Waals surface area contributed by atoms with Crippen molar-refractivity contribution < 1.29 is 0 Å². The smallest absolute Gasteiger partial charge is 0.0503 e. The van der Waals surface area contributed by atoms with E-state index in [1.807, 2.05) is 6.08 Å². The molecular weight excluding hydrogens is 180 g/mol. The molecule has 0 bridgehead atoms. The molecule has 2 rings (SSSR count). The van der Waals surface area contributed by atoms with Crippen molar-refractivity contribution in [1.29, 1.82) is 0 Å². The molecule has 2 aliphatic rings. The molecule has 0 heterocycles. The van der Waals surface area contributed by atoms with E-state index in [2.05, 4.69) is 37.0 Å². The third kappa shape index (κ3) is 2.99. The Hall–Kier alpha value is -0.960. The van der Waals surface area contributed by atoms with Crippen LogP contribution in [0.4, 0.5) is 0 Å². The Bertz CT molecular complexity index is 318. The Balaban J connectivity index is 1.94. The second-order valence-electron chi connectivity index (χ2n) is 5.05. The maximum absolute atomic E-state index is 3.31. The molecule has 1 saturated carbocycles. The quantitative estimate of drug-likeness (QED) is 0.465. The van der Waals surface area contributed by atoms with Gasteiger partial charge in [-0.15, -0.1) is 0 Å². The molecule has 1 fully saturated rings. The van der Waals surface area contributed by atoms with Crippen LogP contribution < -0.4 is 0 Å². The molecule has 0 aromatic carbocycles. The predicted molar refractivity (Wildman–Crippen MR) is 65.4 cm³/mol. The highest BCUT2D eigenvalue weighted by atomic mass is 14.2. The monoisotopic (exact) mass is 200 g/mol. The second-order valence-corrected chi connectivity index (χ2v) is 5.05. The Labute approximate surface area is 93.5 Å². The highest BCUT2D eigenvalue weighted by molar-refractivity contribution is 5.30. The van der Waals surface area contributed by atoms with Crippen LogP contribution in [0.5, 0.6) is 0 Å². The Morgan fingerprint density at radius 1 is 1.27 bits per heavy atom. The zero-order valence-corrected chi connectivity index (χ0v) is 9.63. The van der Waals surface area contributed by atoms with Crippen LogP contribution >= 0.6 is 0 Å². The lowest BCUT2D eigenvalue weighted by molar-refractivity contribution is 0.415. The highest BCUT2D eigenvalue weighted by Gasteiger charge is 2.18. The third-order valence-corrected chi connectivity index (χ3v) is 3.49. The molecule has 1 atom stereocenters. The molecule has 0 aromatic rings. The SMILES string of the molecule is CC1(/C=C/C2CCCCC2)C#CC=CC1. The molecule has 0 saturated heterocycles. The summed E-state index contributed by atoms with van der Waals surface area (Å²) in [6.45, 7) is 2.24. The van der Waals surface area contributed by atoms with Gasteiger partial charge in [0.15, 0.2) is 0 Å². The number of hydrogen-bond donors (Lipinski definition) is 0. The van der Waals surface area contributed by atoms with Crippen molar-refractivity contribution in [2.75, 3.05) is 0 Å². The molecule has 0 radical (unpaired) electrons. The summed E-state index contributed by atoms with van der Waals surface area (Å²) in [5.41, 5.74) is 0.103. The van der Waals surface area contributed by atoms with Gasteiger partial charge in [-0.3, -0.25) is 0 Å². The van der Waals surface area contributed by atoms with E-state index in [0.717, 1.165) is 12.3 Å². The van der Waals surface area contributed by atoms with Gasteiger partial charge in [0.1, 0.15) is 0 Å². The van der Waals surface area contributed by atoms with Gasteiger partial charge in [-0.2, -0.15) is 0 Å². The van der Waals surface area contributed by atoms with Gasteiger partial charge >= 0.3 is 0 Å². The molecule has 80 valence electrons. The second kappa shape index (κ2) is 4.71. The summed E-state index contributed by atoms with van der Waals surface area (Å²) < 4.78 is 0. The van der Waals surface area contributed by atoms with Crippen LogP contribution in [0, 0.1) is 23.2 Å². The lowest BCUT2D eigenvalue weighted by Crippen LogP contribution is -2.12. The normalized spacial score (nSPS) is 31.5. The van der Waals surface area contributed by atoms with Crippen molar-refractivity contribution in [2.24, 2.45) is 11.3 Å². The molecule has 0 aromatic heterocycles. The van der Waals surface area contributed by atoms with E-state index in [1.54, 1.807) is 0 Å². The van der Waals surface area contributed by atoms with Crippen LogP contribution in [0.25, 0.3) is 0 Å². The first-order valence-corrected chi connectivity index (χ1v) is 6.16. The minimum atomic E-state index is 0.103. The summed E-state index contributed by atoms with van der Waals surface area (Å²) in [5.74, 6) is 7.22. The summed E-state index contributed by atoms with van der Waals surface area (Å²) in [7, 11) is 0. The Morgan fingerprint density at radius 3 is 2.73 bits per heavy atom.